The number of amides is 1. The fourth-order valence-corrected chi connectivity index (χ4v) is 2.84. The standard InChI is InChI=1S/C14H17N5OS/c1-21-14-16-9-11(8-15)12(17-14)18-4-6-19(7-5-18)13(20)10-2-3-10/h9-10H,2-7H2,1H3. The second kappa shape index (κ2) is 5.90. The van der Waals surface area contributed by atoms with Gasteiger partial charge in [0.2, 0.25) is 5.91 Å². The SMILES string of the molecule is CSc1ncc(C#N)c(N2CCN(C(=O)C3CC3)CC2)n1. The van der Waals surface area contributed by atoms with Gasteiger partial charge in [-0.3, -0.25) is 4.79 Å². The van der Waals surface area contributed by atoms with Gasteiger partial charge in [0.15, 0.2) is 11.0 Å². The third kappa shape index (κ3) is 2.95. The lowest BCUT2D eigenvalue weighted by atomic mass is 10.2. The van der Waals surface area contributed by atoms with Crippen molar-refractivity contribution < 1.29 is 4.79 Å². The molecule has 1 amide bonds. The van der Waals surface area contributed by atoms with E-state index >= 15 is 0 Å². The van der Waals surface area contributed by atoms with Crippen LogP contribution < -0.4 is 4.90 Å². The van der Waals surface area contributed by atoms with Gasteiger partial charge in [-0.25, -0.2) is 9.97 Å². The van der Waals surface area contributed by atoms with Crippen LogP contribution in [0.5, 0.6) is 0 Å². The summed E-state index contributed by atoms with van der Waals surface area (Å²) in [6.45, 7) is 2.85. The molecule has 2 aliphatic rings. The van der Waals surface area contributed by atoms with E-state index in [0.29, 0.717) is 35.5 Å². The Morgan fingerprint density at radius 3 is 2.67 bits per heavy atom. The predicted octanol–water partition coefficient (Wildman–Crippen LogP) is 1.13. The van der Waals surface area contributed by atoms with Crippen LogP contribution in [0.15, 0.2) is 11.4 Å². The average molecular weight is 303 g/mol. The molecular formula is C14H17N5OS. The van der Waals surface area contributed by atoms with E-state index in [1.54, 1.807) is 6.20 Å². The van der Waals surface area contributed by atoms with E-state index in [9.17, 15) is 10.1 Å². The molecule has 0 atom stereocenters. The summed E-state index contributed by atoms with van der Waals surface area (Å²) in [4.78, 5) is 24.7. The first-order valence-electron chi connectivity index (χ1n) is 7.08. The second-order valence-electron chi connectivity index (χ2n) is 5.29. The first kappa shape index (κ1) is 14.1. The number of hydrogen-bond donors (Lipinski definition) is 0. The normalized spacial score (nSPS) is 18.5. The number of anilines is 1. The molecule has 0 aromatic carbocycles. The fraction of sp³-hybridized carbons (Fsp3) is 0.571. The zero-order valence-corrected chi connectivity index (χ0v) is 12.8. The predicted molar refractivity (Wildman–Crippen MR) is 80.0 cm³/mol. The Morgan fingerprint density at radius 1 is 1.38 bits per heavy atom. The lowest BCUT2D eigenvalue weighted by Crippen LogP contribution is -2.49. The number of piperazine rings is 1. The molecule has 1 aliphatic carbocycles. The van der Waals surface area contributed by atoms with Gasteiger partial charge in [0.05, 0.1) is 6.20 Å². The highest BCUT2D eigenvalue weighted by atomic mass is 32.2. The molecule has 1 aromatic heterocycles. The van der Waals surface area contributed by atoms with Crippen LogP contribution in [-0.2, 0) is 4.79 Å². The van der Waals surface area contributed by atoms with Crippen molar-refractivity contribution in [3.8, 4) is 6.07 Å². The second-order valence-corrected chi connectivity index (χ2v) is 6.07. The number of rotatable bonds is 3. The molecule has 2 heterocycles. The monoisotopic (exact) mass is 303 g/mol. The first-order valence-corrected chi connectivity index (χ1v) is 8.30. The lowest BCUT2D eigenvalue weighted by molar-refractivity contribution is -0.132. The Kier molecular flexibility index (Phi) is 3.97. The van der Waals surface area contributed by atoms with Gasteiger partial charge in [-0.05, 0) is 19.1 Å². The number of nitrogens with zero attached hydrogens (tertiary/aromatic N) is 5. The summed E-state index contributed by atoms with van der Waals surface area (Å²) in [5, 5.41) is 9.87. The summed E-state index contributed by atoms with van der Waals surface area (Å²) in [6, 6.07) is 2.15. The summed E-state index contributed by atoms with van der Waals surface area (Å²) < 4.78 is 0. The highest BCUT2D eigenvalue weighted by molar-refractivity contribution is 7.98. The summed E-state index contributed by atoms with van der Waals surface area (Å²) in [6.07, 6.45) is 5.58. The largest absolute Gasteiger partial charge is 0.352 e. The van der Waals surface area contributed by atoms with E-state index in [2.05, 4.69) is 20.9 Å². The lowest BCUT2D eigenvalue weighted by Gasteiger charge is -2.35. The number of hydrogen-bond acceptors (Lipinski definition) is 6. The van der Waals surface area contributed by atoms with Crippen molar-refractivity contribution in [2.75, 3.05) is 37.3 Å². The number of thioether (sulfide) groups is 1. The molecule has 0 N–H and O–H groups in total. The summed E-state index contributed by atoms with van der Waals surface area (Å²) in [5.41, 5.74) is 0.495. The molecule has 7 heteroatoms. The maximum atomic E-state index is 12.1. The Bertz CT molecular complexity index is 588. The molecule has 3 rings (SSSR count). The molecule has 21 heavy (non-hydrogen) atoms. The zero-order chi connectivity index (χ0) is 14.8. The Labute approximate surface area is 128 Å². The summed E-state index contributed by atoms with van der Waals surface area (Å²) in [7, 11) is 0. The van der Waals surface area contributed by atoms with Crippen LogP contribution in [0.25, 0.3) is 0 Å². The van der Waals surface area contributed by atoms with Crippen molar-refractivity contribution >= 4 is 23.5 Å². The number of carbonyl (C=O) groups excluding carboxylic acids is 1. The van der Waals surface area contributed by atoms with Crippen molar-refractivity contribution in [3.05, 3.63) is 11.8 Å². The number of nitriles is 1. The maximum Gasteiger partial charge on any atom is 0.225 e. The molecule has 1 saturated carbocycles. The van der Waals surface area contributed by atoms with Crippen LogP contribution in [0.3, 0.4) is 0 Å². The fourth-order valence-electron chi connectivity index (χ4n) is 2.50. The third-order valence-corrected chi connectivity index (χ3v) is 4.43. The van der Waals surface area contributed by atoms with Crippen LogP contribution in [0.1, 0.15) is 18.4 Å². The van der Waals surface area contributed by atoms with E-state index < -0.39 is 0 Å². The van der Waals surface area contributed by atoms with Crippen LogP contribution in [0.4, 0.5) is 5.82 Å². The van der Waals surface area contributed by atoms with Gasteiger partial charge in [0, 0.05) is 32.1 Å². The minimum Gasteiger partial charge on any atom is -0.352 e. The molecule has 0 bridgehead atoms. The molecule has 1 aromatic rings. The number of aromatic nitrogens is 2. The van der Waals surface area contributed by atoms with Crippen LogP contribution >= 0.6 is 11.8 Å². The molecule has 0 unspecified atom stereocenters. The molecule has 2 fully saturated rings. The van der Waals surface area contributed by atoms with E-state index in [-0.39, 0.29) is 5.92 Å². The topological polar surface area (TPSA) is 73.1 Å². The van der Waals surface area contributed by atoms with Gasteiger partial charge in [-0.2, -0.15) is 5.26 Å². The molecule has 110 valence electrons. The molecule has 0 radical (unpaired) electrons. The van der Waals surface area contributed by atoms with Crippen molar-refractivity contribution in [1.29, 1.82) is 5.26 Å². The van der Waals surface area contributed by atoms with Gasteiger partial charge < -0.3 is 9.80 Å². The van der Waals surface area contributed by atoms with E-state index in [0.717, 1.165) is 25.9 Å². The van der Waals surface area contributed by atoms with Crippen molar-refractivity contribution in [1.82, 2.24) is 14.9 Å². The molecular weight excluding hydrogens is 286 g/mol. The first-order chi connectivity index (χ1) is 10.2. The summed E-state index contributed by atoms with van der Waals surface area (Å²) in [5.74, 6) is 1.26. The summed E-state index contributed by atoms with van der Waals surface area (Å²) >= 11 is 1.46. The average Bonchev–Trinajstić information content (AvgIpc) is 3.38. The minimum absolute atomic E-state index is 0.272. The van der Waals surface area contributed by atoms with Crippen LogP contribution in [-0.4, -0.2) is 53.2 Å². The number of carbonyl (C=O) groups is 1. The Morgan fingerprint density at radius 2 is 2.10 bits per heavy atom. The quantitative estimate of drug-likeness (QED) is 0.615. The maximum absolute atomic E-state index is 12.1. The zero-order valence-electron chi connectivity index (χ0n) is 11.9. The van der Waals surface area contributed by atoms with Gasteiger partial charge in [0.25, 0.3) is 0 Å². The van der Waals surface area contributed by atoms with Gasteiger partial charge in [0.1, 0.15) is 11.6 Å². The van der Waals surface area contributed by atoms with Gasteiger partial charge in [-0.1, -0.05) is 11.8 Å². The van der Waals surface area contributed by atoms with Gasteiger partial charge in [-0.15, -0.1) is 0 Å². The van der Waals surface area contributed by atoms with Crippen molar-refractivity contribution in [2.24, 2.45) is 5.92 Å². The van der Waals surface area contributed by atoms with E-state index in [1.807, 2.05) is 11.2 Å². The molecule has 1 saturated heterocycles. The Hall–Kier alpha value is -1.81. The minimum atomic E-state index is 0.272. The molecule has 6 nitrogen and oxygen atoms in total. The highest BCUT2D eigenvalue weighted by Gasteiger charge is 2.35. The van der Waals surface area contributed by atoms with Gasteiger partial charge >= 0.3 is 0 Å². The van der Waals surface area contributed by atoms with Crippen molar-refractivity contribution in [3.63, 3.8) is 0 Å². The smallest absolute Gasteiger partial charge is 0.225 e. The highest BCUT2D eigenvalue weighted by Crippen LogP contribution is 2.31. The molecule has 0 spiro atoms. The van der Waals surface area contributed by atoms with Crippen LogP contribution in [0, 0.1) is 17.2 Å². The molecule has 1 aliphatic heterocycles. The Balaban J connectivity index is 1.71. The van der Waals surface area contributed by atoms with Crippen LogP contribution in [0.2, 0.25) is 0 Å². The van der Waals surface area contributed by atoms with E-state index in [1.165, 1.54) is 11.8 Å². The third-order valence-electron chi connectivity index (χ3n) is 3.87. The van der Waals surface area contributed by atoms with Crippen molar-refractivity contribution in [2.45, 2.75) is 18.0 Å². The van der Waals surface area contributed by atoms with E-state index in [4.69, 9.17) is 0 Å².